The highest BCUT2D eigenvalue weighted by Gasteiger charge is 2.14. The molecule has 0 saturated carbocycles. The second-order valence-corrected chi connectivity index (χ2v) is 9.93. The summed E-state index contributed by atoms with van der Waals surface area (Å²) >= 11 is 7.86. The van der Waals surface area contributed by atoms with Crippen LogP contribution in [-0.4, -0.2) is 32.7 Å². The Labute approximate surface area is 189 Å². The Morgan fingerprint density at radius 2 is 1.55 bits per heavy atom. The zero-order chi connectivity index (χ0) is 22.6. The van der Waals surface area contributed by atoms with Gasteiger partial charge in [-0.2, -0.15) is 0 Å². The average molecular weight is 475 g/mol. The molecule has 3 aromatic rings. The van der Waals surface area contributed by atoms with Crippen molar-refractivity contribution in [3.63, 3.8) is 0 Å². The topological polar surface area (TPSA) is 92.3 Å². The third kappa shape index (κ3) is 5.88. The highest BCUT2D eigenvalue weighted by Crippen LogP contribution is 2.27. The van der Waals surface area contributed by atoms with Gasteiger partial charge in [-0.3, -0.25) is 9.59 Å². The van der Waals surface area contributed by atoms with E-state index in [4.69, 9.17) is 11.6 Å². The van der Waals surface area contributed by atoms with Crippen molar-refractivity contribution in [1.29, 1.82) is 0 Å². The first-order valence-electron chi connectivity index (χ1n) is 9.04. The zero-order valence-corrected chi connectivity index (χ0v) is 19.1. The van der Waals surface area contributed by atoms with Crippen LogP contribution in [0.4, 0.5) is 11.4 Å². The smallest absolute Gasteiger partial charge is 0.255 e. The number of thioether (sulfide) groups is 1. The fraction of sp³-hybridized carbons (Fsp3) is 0.0909. The lowest BCUT2D eigenvalue weighted by Crippen LogP contribution is -2.14. The predicted molar refractivity (Wildman–Crippen MR) is 125 cm³/mol. The van der Waals surface area contributed by atoms with E-state index in [2.05, 4.69) is 10.6 Å². The number of anilines is 2. The summed E-state index contributed by atoms with van der Waals surface area (Å²) in [5.41, 5.74) is 1.50. The van der Waals surface area contributed by atoms with E-state index in [9.17, 15) is 18.0 Å². The highest BCUT2D eigenvalue weighted by molar-refractivity contribution is 7.98. The molecule has 2 N–H and O–H groups in total. The van der Waals surface area contributed by atoms with Crippen LogP contribution < -0.4 is 10.6 Å². The van der Waals surface area contributed by atoms with Gasteiger partial charge in [-0.15, -0.1) is 11.8 Å². The Kier molecular flexibility index (Phi) is 7.04. The normalized spacial score (nSPS) is 11.1. The molecule has 3 rings (SSSR count). The summed E-state index contributed by atoms with van der Waals surface area (Å²) in [5, 5.41) is 5.64. The van der Waals surface area contributed by atoms with Crippen molar-refractivity contribution in [3.8, 4) is 0 Å². The molecule has 31 heavy (non-hydrogen) atoms. The number of benzene rings is 3. The van der Waals surface area contributed by atoms with Gasteiger partial charge in [-0.25, -0.2) is 8.42 Å². The fourth-order valence-corrected chi connectivity index (χ4v) is 4.01. The minimum atomic E-state index is -3.43. The highest BCUT2D eigenvalue weighted by atomic mass is 35.5. The largest absolute Gasteiger partial charge is 0.322 e. The quantitative estimate of drug-likeness (QED) is 0.492. The molecule has 0 aliphatic rings. The van der Waals surface area contributed by atoms with E-state index >= 15 is 0 Å². The molecule has 2 amide bonds. The molecule has 6 nitrogen and oxygen atoms in total. The summed E-state index contributed by atoms with van der Waals surface area (Å²) < 4.78 is 23.4. The van der Waals surface area contributed by atoms with E-state index in [1.54, 1.807) is 36.0 Å². The van der Waals surface area contributed by atoms with Crippen LogP contribution in [-0.2, 0) is 9.84 Å². The molecule has 0 aliphatic carbocycles. The van der Waals surface area contributed by atoms with Gasteiger partial charge in [0, 0.05) is 28.0 Å². The molecular weight excluding hydrogens is 456 g/mol. The number of carbonyl (C=O) groups excluding carboxylic acids is 2. The van der Waals surface area contributed by atoms with Gasteiger partial charge in [0.1, 0.15) is 0 Å². The number of hydrogen-bond acceptors (Lipinski definition) is 5. The first kappa shape index (κ1) is 22.9. The number of rotatable bonds is 6. The van der Waals surface area contributed by atoms with Gasteiger partial charge < -0.3 is 10.6 Å². The maximum absolute atomic E-state index is 12.5. The van der Waals surface area contributed by atoms with Crippen LogP contribution in [0.5, 0.6) is 0 Å². The molecule has 0 radical (unpaired) electrons. The van der Waals surface area contributed by atoms with Crippen LogP contribution in [0, 0.1) is 0 Å². The van der Waals surface area contributed by atoms with Crippen molar-refractivity contribution in [3.05, 3.63) is 82.9 Å². The Morgan fingerprint density at radius 3 is 2.16 bits per heavy atom. The summed E-state index contributed by atoms with van der Waals surface area (Å²) in [7, 11) is -3.43. The molecule has 0 unspecified atom stereocenters. The molecule has 0 fully saturated rings. The SMILES string of the molecule is CSc1ccc(C(=O)Nc2ccc(NC(=O)c3cccc(S(C)(=O)=O)c3)c(Cl)c2)cc1. The summed E-state index contributed by atoms with van der Waals surface area (Å²) in [6.07, 6.45) is 3.03. The van der Waals surface area contributed by atoms with Crippen molar-refractivity contribution in [2.75, 3.05) is 23.1 Å². The second-order valence-electron chi connectivity index (χ2n) is 6.63. The van der Waals surface area contributed by atoms with E-state index in [0.29, 0.717) is 16.9 Å². The first-order chi connectivity index (χ1) is 14.7. The lowest BCUT2D eigenvalue weighted by Gasteiger charge is -2.11. The van der Waals surface area contributed by atoms with Gasteiger partial charge in [0.05, 0.1) is 15.6 Å². The monoisotopic (exact) mass is 474 g/mol. The van der Waals surface area contributed by atoms with Crippen LogP contribution >= 0.6 is 23.4 Å². The Morgan fingerprint density at radius 1 is 0.871 bits per heavy atom. The minimum Gasteiger partial charge on any atom is -0.322 e. The number of carbonyl (C=O) groups is 2. The van der Waals surface area contributed by atoms with E-state index in [1.807, 2.05) is 18.4 Å². The Bertz CT molecular complexity index is 1240. The lowest BCUT2D eigenvalue weighted by atomic mass is 10.2. The van der Waals surface area contributed by atoms with Crippen LogP contribution in [0.1, 0.15) is 20.7 Å². The summed E-state index contributed by atoms with van der Waals surface area (Å²) in [6.45, 7) is 0. The molecule has 3 aromatic carbocycles. The van der Waals surface area contributed by atoms with Gasteiger partial charge in [0.2, 0.25) is 0 Å². The van der Waals surface area contributed by atoms with Gasteiger partial charge >= 0.3 is 0 Å². The van der Waals surface area contributed by atoms with E-state index in [-0.39, 0.29) is 21.4 Å². The zero-order valence-electron chi connectivity index (χ0n) is 16.7. The van der Waals surface area contributed by atoms with Crippen molar-refractivity contribution in [2.24, 2.45) is 0 Å². The Hall–Kier alpha value is -2.81. The fourth-order valence-electron chi connectivity index (χ4n) is 2.70. The molecule has 0 spiro atoms. The molecule has 9 heteroatoms. The van der Waals surface area contributed by atoms with Crippen LogP contribution in [0.2, 0.25) is 5.02 Å². The first-order valence-corrected chi connectivity index (χ1v) is 12.5. The summed E-state index contributed by atoms with van der Waals surface area (Å²) in [6, 6.07) is 17.6. The standard InChI is InChI=1S/C22H19ClN2O4S2/c1-30-17-9-6-14(7-10-17)21(26)24-16-8-11-20(19(23)13-16)25-22(27)15-4-3-5-18(12-15)31(2,28)29/h3-13H,1-2H3,(H,24,26)(H,25,27). The van der Waals surface area contributed by atoms with Gasteiger partial charge in [-0.1, -0.05) is 17.7 Å². The number of halogens is 1. The van der Waals surface area contributed by atoms with Gasteiger partial charge in [0.15, 0.2) is 9.84 Å². The maximum atomic E-state index is 12.5. The second kappa shape index (κ2) is 9.55. The number of nitrogens with one attached hydrogen (secondary N) is 2. The minimum absolute atomic E-state index is 0.0508. The maximum Gasteiger partial charge on any atom is 0.255 e. The molecule has 0 bridgehead atoms. The van der Waals surface area contributed by atoms with Gasteiger partial charge in [0.25, 0.3) is 11.8 Å². The molecule has 0 aromatic heterocycles. The molecule has 0 aliphatic heterocycles. The molecule has 0 heterocycles. The van der Waals surface area contributed by atoms with Crippen LogP contribution in [0.25, 0.3) is 0 Å². The molecule has 0 atom stereocenters. The number of sulfone groups is 1. The van der Waals surface area contributed by atoms with Crippen molar-refractivity contribution < 1.29 is 18.0 Å². The van der Waals surface area contributed by atoms with Crippen molar-refractivity contribution >= 4 is 56.4 Å². The van der Waals surface area contributed by atoms with Crippen LogP contribution in [0.3, 0.4) is 0 Å². The number of hydrogen-bond donors (Lipinski definition) is 2. The van der Waals surface area contributed by atoms with Crippen molar-refractivity contribution in [2.45, 2.75) is 9.79 Å². The Balaban J connectivity index is 1.72. The van der Waals surface area contributed by atoms with Crippen LogP contribution in [0.15, 0.2) is 76.5 Å². The van der Waals surface area contributed by atoms with E-state index < -0.39 is 15.7 Å². The lowest BCUT2D eigenvalue weighted by molar-refractivity contribution is 0.101. The molecule has 0 saturated heterocycles. The van der Waals surface area contributed by atoms with E-state index in [1.165, 1.54) is 30.3 Å². The van der Waals surface area contributed by atoms with E-state index in [0.717, 1.165) is 11.2 Å². The summed E-state index contributed by atoms with van der Waals surface area (Å²) in [5.74, 6) is -0.781. The predicted octanol–water partition coefficient (Wildman–Crippen LogP) is 4.97. The molecule has 160 valence electrons. The van der Waals surface area contributed by atoms with Crippen molar-refractivity contribution in [1.82, 2.24) is 0 Å². The molecular formula is C22H19ClN2O4S2. The third-order valence-corrected chi connectivity index (χ3v) is 6.52. The average Bonchev–Trinajstić information content (AvgIpc) is 2.75. The number of amides is 2. The summed E-state index contributed by atoms with van der Waals surface area (Å²) in [4.78, 5) is 26.0. The van der Waals surface area contributed by atoms with Gasteiger partial charge in [-0.05, 0) is 66.9 Å². The third-order valence-electron chi connectivity index (χ3n) is 4.35.